The molecule has 1 aromatic heterocycles. The van der Waals surface area contributed by atoms with Crippen LogP contribution in [-0.2, 0) is 10.2 Å². The number of benzene rings is 1. The van der Waals surface area contributed by atoms with E-state index in [1.54, 1.807) is 32.2 Å². The average molecular weight is 341 g/mol. The topological polar surface area (TPSA) is 86.5 Å². The summed E-state index contributed by atoms with van der Waals surface area (Å²) < 4.78 is 11.7. The molecule has 132 valence electrons. The van der Waals surface area contributed by atoms with Gasteiger partial charge in [0, 0.05) is 17.0 Å². The minimum Gasteiger partial charge on any atom is -0.492 e. The zero-order valence-corrected chi connectivity index (χ0v) is 14.9. The van der Waals surface area contributed by atoms with Gasteiger partial charge in [-0.3, -0.25) is 4.79 Å². The Balaban J connectivity index is 1.78. The standard InChI is InChI=1S/C19H23N3O3/c1-18(2)11-24-13-6-5-7-14(16(13)18)25-15-9-8-12(10-21-15)22-17(23)19(3,4)20/h5-10H,11,20H2,1-4H3,(H,22,23). The number of nitrogens with zero attached hydrogens (tertiary/aromatic N) is 1. The molecule has 0 aliphatic carbocycles. The Bertz CT molecular complexity index is 793. The van der Waals surface area contributed by atoms with Gasteiger partial charge in [-0.15, -0.1) is 0 Å². The molecule has 0 spiro atoms. The molecule has 0 bridgehead atoms. The van der Waals surface area contributed by atoms with E-state index in [4.69, 9.17) is 15.2 Å². The molecule has 3 N–H and O–H groups in total. The van der Waals surface area contributed by atoms with E-state index >= 15 is 0 Å². The van der Waals surface area contributed by atoms with Gasteiger partial charge in [0.15, 0.2) is 0 Å². The van der Waals surface area contributed by atoms with Crippen LogP contribution in [0.3, 0.4) is 0 Å². The molecule has 2 heterocycles. The van der Waals surface area contributed by atoms with Crippen LogP contribution in [0.5, 0.6) is 17.4 Å². The van der Waals surface area contributed by atoms with E-state index in [9.17, 15) is 4.79 Å². The normalized spacial score (nSPS) is 15.2. The summed E-state index contributed by atoms with van der Waals surface area (Å²) in [6.07, 6.45) is 1.55. The Morgan fingerprint density at radius 2 is 2.08 bits per heavy atom. The summed E-state index contributed by atoms with van der Waals surface area (Å²) in [6, 6.07) is 9.19. The van der Waals surface area contributed by atoms with Gasteiger partial charge in [-0.25, -0.2) is 4.98 Å². The lowest BCUT2D eigenvalue weighted by Gasteiger charge is -2.19. The maximum Gasteiger partial charge on any atom is 0.243 e. The first-order valence-corrected chi connectivity index (χ1v) is 8.17. The van der Waals surface area contributed by atoms with Crippen molar-refractivity contribution in [2.24, 2.45) is 5.73 Å². The van der Waals surface area contributed by atoms with Crippen molar-refractivity contribution < 1.29 is 14.3 Å². The molecule has 0 atom stereocenters. The Labute approximate surface area is 147 Å². The number of amides is 1. The zero-order valence-electron chi connectivity index (χ0n) is 14.9. The third kappa shape index (κ3) is 3.58. The number of nitrogens with one attached hydrogen (secondary N) is 1. The van der Waals surface area contributed by atoms with Gasteiger partial charge in [-0.1, -0.05) is 19.9 Å². The lowest BCUT2D eigenvalue weighted by molar-refractivity contribution is -0.120. The van der Waals surface area contributed by atoms with E-state index in [2.05, 4.69) is 24.1 Å². The van der Waals surface area contributed by atoms with Crippen LogP contribution >= 0.6 is 0 Å². The molecule has 6 nitrogen and oxygen atoms in total. The predicted molar refractivity (Wildman–Crippen MR) is 96.2 cm³/mol. The highest BCUT2D eigenvalue weighted by atomic mass is 16.5. The van der Waals surface area contributed by atoms with Crippen molar-refractivity contribution in [1.82, 2.24) is 4.98 Å². The van der Waals surface area contributed by atoms with Gasteiger partial charge in [0.25, 0.3) is 0 Å². The number of fused-ring (bicyclic) bond motifs is 1. The predicted octanol–water partition coefficient (Wildman–Crippen LogP) is 3.22. The molecule has 3 rings (SSSR count). The van der Waals surface area contributed by atoms with Crippen molar-refractivity contribution in [1.29, 1.82) is 0 Å². The van der Waals surface area contributed by atoms with Gasteiger partial charge >= 0.3 is 0 Å². The second-order valence-electron chi connectivity index (χ2n) is 7.46. The Kier molecular flexibility index (Phi) is 4.16. The van der Waals surface area contributed by atoms with Crippen molar-refractivity contribution in [2.45, 2.75) is 38.6 Å². The van der Waals surface area contributed by atoms with E-state index < -0.39 is 5.54 Å². The summed E-state index contributed by atoms with van der Waals surface area (Å²) >= 11 is 0. The van der Waals surface area contributed by atoms with E-state index in [1.165, 1.54) is 0 Å². The lowest BCUT2D eigenvalue weighted by atomic mass is 9.86. The van der Waals surface area contributed by atoms with Crippen molar-refractivity contribution in [2.75, 3.05) is 11.9 Å². The molecule has 0 saturated heterocycles. The number of rotatable bonds is 4. The molecular weight excluding hydrogens is 318 g/mol. The van der Waals surface area contributed by atoms with Crippen molar-refractivity contribution >= 4 is 11.6 Å². The fourth-order valence-corrected chi connectivity index (χ4v) is 2.63. The lowest BCUT2D eigenvalue weighted by Crippen LogP contribution is -2.45. The molecule has 0 radical (unpaired) electrons. The number of carbonyl (C=O) groups is 1. The molecule has 1 aliphatic rings. The van der Waals surface area contributed by atoms with Gasteiger partial charge in [0.1, 0.15) is 11.5 Å². The summed E-state index contributed by atoms with van der Waals surface area (Å²) in [7, 11) is 0. The number of carbonyl (C=O) groups excluding carboxylic acids is 1. The highest BCUT2D eigenvalue weighted by molar-refractivity contribution is 5.97. The summed E-state index contributed by atoms with van der Waals surface area (Å²) in [5.41, 5.74) is 6.30. The monoisotopic (exact) mass is 341 g/mol. The van der Waals surface area contributed by atoms with E-state index in [0.29, 0.717) is 18.2 Å². The third-order valence-corrected chi connectivity index (χ3v) is 4.05. The number of pyridine rings is 1. The molecule has 1 aromatic carbocycles. The Hall–Kier alpha value is -2.60. The fourth-order valence-electron chi connectivity index (χ4n) is 2.63. The van der Waals surface area contributed by atoms with Gasteiger partial charge in [-0.05, 0) is 32.0 Å². The van der Waals surface area contributed by atoms with Crippen LogP contribution in [0.2, 0.25) is 0 Å². The Morgan fingerprint density at radius 1 is 1.32 bits per heavy atom. The fraction of sp³-hybridized carbons (Fsp3) is 0.368. The molecular formula is C19H23N3O3. The van der Waals surface area contributed by atoms with Crippen LogP contribution in [0, 0.1) is 0 Å². The highest BCUT2D eigenvalue weighted by Gasteiger charge is 2.35. The summed E-state index contributed by atoms with van der Waals surface area (Å²) in [5.74, 6) is 1.74. The van der Waals surface area contributed by atoms with Gasteiger partial charge < -0.3 is 20.5 Å². The molecule has 1 aliphatic heterocycles. The molecule has 6 heteroatoms. The molecule has 0 saturated carbocycles. The van der Waals surface area contributed by atoms with Crippen LogP contribution in [0.15, 0.2) is 36.5 Å². The number of hydrogen-bond acceptors (Lipinski definition) is 5. The first kappa shape index (κ1) is 17.2. The average Bonchev–Trinajstić information content (AvgIpc) is 2.85. The number of nitrogens with two attached hydrogens (primary N) is 1. The third-order valence-electron chi connectivity index (χ3n) is 4.05. The second-order valence-corrected chi connectivity index (χ2v) is 7.46. The van der Waals surface area contributed by atoms with Gasteiger partial charge in [-0.2, -0.15) is 0 Å². The van der Waals surface area contributed by atoms with Crippen LogP contribution < -0.4 is 20.5 Å². The van der Waals surface area contributed by atoms with Crippen molar-refractivity contribution in [3.63, 3.8) is 0 Å². The van der Waals surface area contributed by atoms with Gasteiger partial charge in [0.2, 0.25) is 11.8 Å². The first-order chi connectivity index (χ1) is 11.7. The summed E-state index contributed by atoms with van der Waals surface area (Å²) in [6.45, 7) is 8.15. The van der Waals surface area contributed by atoms with Gasteiger partial charge in [0.05, 0.1) is 24.0 Å². The van der Waals surface area contributed by atoms with Crippen LogP contribution in [0.25, 0.3) is 0 Å². The number of anilines is 1. The molecule has 2 aromatic rings. The molecule has 0 fully saturated rings. The number of hydrogen-bond donors (Lipinski definition) is 2. The smallest absolute Gasteiger partial charge is 0.243 e. The minimum absolute atomic E-state index is 0.119. The summed E-state index contributed by atoms with van der Waals surface area (Å²) in [4.78, 5) is 16.2. The Morgan fingerprint density at radius 3 is 2.72 bits per heavy atom. The SMILES string of the molecule is CC(C)(N)C(=O)Nc1ccc(Oc2cccc3c2C(C)(C)CO3)nc1. The van der Waals surface area contributed by atoms with Crippen LogP contribution in [-0.4, -0.2) is 23.0 Å². The van der Waals surface area contributed by atoms with Crippen LogP contribution in [0.4, 0.5) is 5.69 Å². The van der Waals surface area contributed by atoms with Crippen LogP contribution in [0.1, 0.15) is 33.3 Å². The quantitative estimate of drug-likeness (QED) is 0.892. The largest absolute Gasteiger partial charge is 0.492 e. The van der Waals surface area contributed by atoms with Crippen molar-refractivity contribution in [3.8, 4) is 17.4 Å². The maximum atomic E-state index is 11.9. The minimum atomic E-state index is -0.953. The first-order valence-electron chi connectivity index (χ1n) is 8.17. The van der Waals surface area contributed by atoms with E-state index in [1.807, 2.05) is 18.2 Å². The van der Waals surface area contributed by atoms with E-state index in [-0.39, 0.29) is 11.3 Å². The molecule has 25 heavy (non-hydrogen) atoms. The van der Waals surface area contributed by atoms with E-state index in [0.717, 1.165) is 17.1 Å². The number of aromatic nitrogens is 1. The number of ether oxygens (including phenoxy) is 2. The molecule has 0 unspecified atom stereocenters. The second kappa shape index (κ2) is 6.04. The highest BCUT2D eigenvalue weighted by Crippen LogP contribution is 2.45. The summed E-state index contributed by atoms with van der Waals surface area (Å²) in [5, 5.41) is 2.73. The molecule has 1 amide bonds. The zero-order chi connectivity index (χ0) is 18.2. The maximum absolute atomic E-state index is 11.9. The van der Waals surface area contributed by atoms with Crippen molar-refractivity contribution in [3.05, 3.63) is 42.1 Å².